The van der Waals surface area contributed by atoms with E-state index in [-0.39, 0.29) is 5.91 Å². The maximum atomic E-state index is 12.7. The predicted octanol–water partition coefficient (Wildman–Crippen LogP) is 2.91. The van der Waals surface area contributed by atoms with Crippen molar-refractivity contribution in [2.75, 3.05) is 33.8 Å². The van der Waals surface area contributed by atoms with E-state index < -0.39 is 0 Å². The lowest BCUT2D eigenvalue weighted by Gasteiger charge is -2.19. The van der Waals surface area contributed by atoms with Gasteiger partial charge in [-0.1, -0.05) is 36.4 Å². The molecule has 1 amide bonds. The van der Waals surface area contributed by atoms with Gasteiger partial charge in [-0.05, 0) is 50.2 Å². The SMILES string of the molecule is CNCCc1ccccc1C(=O)N(C)CCOc1ccccc1C. The molecule has 0 saturated carbocycles. The van der Waals surface area contributed by atoms with Crippen LogP contribution in [0.15, 0.2) is 48.5 Å². The number of para-hydroxylation sites is 1. The first kappa shape index (κ1) is 18.0. The van der Waals surface area contributed by atoms with Gasteiger partial charge in [0.05, 0.1) is 6.54 Å². The molecule has 0 unspecified atom stereocenters. The van der Waals surface area contributed by atoms with Crippen molar-refractivity contribution in [2.45, 2.75) is 13.3 Å². The Kier molecular flexibility index (Phi) is 6.82. The van der Waals surface area contributed by atoms with Crippen molar-refractivity contribution in [3.05, 3.63) is 65.2 Å². The second-order valence-corrected chi connectivity index (χ2v) is 5.85. The van der Waals surface area contributed by atoms with Gasteiger partial charge in [0, 0.05) is 12.6 Å². The first-order valence-corrected chi connectivity index (χ1v) is 8.30. The summed E-state index contributed by atoms with van der Waals surface area (Å²) in [5.74, 6) is 0.905. The van der Waals surface area contributed by atoms with Crippen molar-refractivity contribution in [3.63, 3.8) is 0 Å². The Bertz CT molecular complexity index is 670. The van der Waals surface area contributed by atoms with Crippen molar-refractivity contribution in [1.82, 2.24) is 10.2 Å². The standard InChI is InChI=1S/C20H26N2O2/c1-16-8-4-7-11-19(16)24-15-14-22(3)20(23)18-10-6-5-9-17(18)12-13-21-2/h4-11,21H,12-15H2,1-3H3. The van der Waals surface area contributed by atoms with Crippen LogP contribution in [-0.2, 0) is 6.42 Å². The summed E-state index contributed by atoms with van der Waals surface area (Å²) >= 11 is 0. The van der Waals surface area contributed by atoms with Crippen LogP contribution in [0.5, 0.6) is 5.75 Å². The van der Waals surface area contributed by atoms with Gasteiger partial charge in [-0.15, -0.1) is 0 Å². The maximum absolute atomic E-state index is 12.7. The van der Waals surface area contributed by atoms with Gasteiger partial charge < -0.3 is 15.0 Å². The van der Waals surface area contributed by atoms with E-state index in [0.29, 0.717) is 13.2 Å². The molecule has 2 rings (SSSR count). The first-order valence-electron chi connectivity index (χ1n) is 8.30. The Morgan fingerprint density at radius 2 is 1.83 bits per heavy atom. The first-order chi connectivity index (χ1) is 11.6. The average Bonchev–Trinajstić information content (AvgIpc) is 2.61. The van der Waals surface area contributed by atoms with Crippen molar-refractivity contribution >= 4 is 5.91 Å². The Labute approximate surface area is 144 Å². The highest BCUT2D eigenvalue weighted by Crippen LogP contribution is 2.16. The molecule has 0 aliphatic heterocycles. The summed E-state index contributed by atoms with van der Waals surface area (Å²) in [6, 6.07) is 15.7. The number of hydrogen-bond acceptors (Lipinski definition) is 3. The lowest BCUT2D eigenvalue weighted by molar-refractivity contribution is 0.0772. The molecule has 4 heteroatoms. The lowest BCUT2D eigenvalue weighted by Crippen LogP contribution is -2.31. The van der Waals surface area contributed by atoms with E-state index in [1.54, 1.807) is 4.90 Å². The number of carbonyl (C=O) groups excluding carboxylic acids is 1. The summed E-state index contributed by atoms with van der Waals surface area (Å²) in [7, 11) is 3.73. The molecule has 0 radical (unpaired) electrons. The van der Waals surface area contributed by atoms with E-state index in [1.807, 2.05) is 69.6 Å². The van der Waals surface area contributed by atoms with Crippen molar-refractivity contribution in [2.24, 2.45) is 0 Å². The molecule has 0 saturated heterocycles. The summed E-state index contributed by atoms with van der Waals surface area (Å²) in [4.78, 5) is 14.4. The van der Waals surface area contributed by atoms with Crippen LogP contribution in [-0.4, -0.2) is 44.6 Å². The zero-order valence-electron chi connectivity index (χ0n) is 14.7. The Morgan fingerprint density at radius 3 is 2.58 bits per heavy atom. The Morgan fingerprint density at radius 1 is 1.12 bits per heavy atom. The predicted molar refractivity (Wildman–Crippen MR) is 97.7 cm³/mol. The van der Waals surface area contributed by atoms with Gasteiger partial charge in [0.25, 0.3) is 5.91 Å². The molecule has 4 nitrogen and oxygen atoms in total. The molecule has 0 atom stereocenters. The number of nitrogens with one attached hydrogen (secondary N) is 1. The average molecular weight is 326 g/mol. The van der Waals surface area contributed by atoms with Crippen molar-refractivity contribution in [1.29, 1.82) is 0 Å². The van der Waals surface area contributed by atoms with Crippen LogP contribution in [0.2, 0.25) is 0 Å². The van der Waals surface area contributed by atoms with Gasteiger partial charge in [0.1, 0.15) is 12.4 Å². The van der Waals surface area contributed by atoms with E-state index in [0.717, 1.165) is 35.4 Å². The summed E-state index contributed by atoms with van der Waals surface area (Å²) in [6.45, 7) is 3.89. The zero-order chi connectivity index (χ0) is 17.4. The summed E-state index contributed by atoms with van der Waals surface area (Å²) in [5, 5.41) is 3.12. The normalized spacial score (nSPS) is 10.5. The van der Waals surface area contributed by atoms with E-state index in [1.165, 1.54) is 0 Å². The highest BCUT2D eigenvalue weighted by Gasteiger charge is 2.15. The number of nitrogens with zero attached hydrogens (tertiary/aromatic N) is 1. The van der Waals surface area contributed by atoms with Crippen LogP contribution in [0.4, 0.5) is 0 Å². The number of hydrogen-bond donors (Lipinski definition) is 1. The van der Waals surface area contributed by atoms with E-state index >= 15 is 0 Å². The van der Waals surface area contributed by atoms with Crippen molar-refractivity contribution < 1.29 is 9.53 Å². The topological polar surface area (TPSA) is 41.6 Å². The second-order valence-electron chi connectivity index (χ2n) is 5.85. The number of aryl methyl sites for hydroxylation is 1. The molecule has 0 aromatic heterocycles. The minimum Gasteiger partial charge on any atom is -0.491 e. The molecule has 0 spiro atoms. The molecule has 0 bridgehead atoms. The number of carbonyl (C=O) groups is 1. The van der Waals surface area contributed by atoms with Gasteiger partial charge in [0.15, 0.2) is 0 Å². The summed E-state index contributed by atoms with van der Waals surface area (Å²) < 4.78 is 5.78. The largest absolute Gasteiger partial charge is 0.491 e. The van der Waals surface area contributed by atoms with Crippen LogP contribution < -0.4 is 10.1 Å². The maximum Gasteiger partial charge on any atom is 0.253 e. The van der Waals surface area contributed by atoms with Crippen LogP contribution in [0.1, 0.15) is 21.5 Å². The number of amides is 1. The fourth-order valence-corrected chi connectivity index (χ4v) is 2.52. The zero-order valence-corrected chi connectivity index (χ0v) is 14.7. The fraction of sp³-hybridized carbons (Fsp3) is 0.350. The molecular weight excluding hydrogens is 300 g/mol. The van der Waals surface area contributed by atoms with Crippen LogP contribution in [0, 0.1) is 6.92 Å². The molecule has 0 aliphatic rings. The summed E-state index contributed by atoms with van der Waals surface area (Å²) in [5.41, 5.74) is 2.94. The lowest BCUT2D eigenvalue weighted by atomic mass is 10.0. The van der Waals surface area contributed by atoms with Gasteiger partial charge in [-0.3, -0.25) is 4.79 Å². The monoisotopic (exact) mass is 326 g/mol. The molecule has 1 N–H and O–H groups in total. The number of benzene rings is 2. The van der Waals surface area contributed by atoms with Gasteiger partial charge >= 0.3 is 0 Å². The molecule has 2 aromatic carbocycles. The molecule has 2 aromatic rings. The van der Waals surface area contributed by atoms with E-state index in [4.69, 9.17) is 4.74 Å². The van der Waals surface area contributed by atoms with Crippen LogP contribution >= 0.6 is 0 Å². The van der Waals surface area contributed by atoms with Crippen LogP contribution in [0.3, 0.4) is 0 Å². The molecule has 0 heterocycles. The number of likely N-dealkylation sites (N-methyl/N-ethyl adjacent to an activating group) is 2. The van der Waals surface area contributed by atoms with E-state index in [9.17, 15) is 4.79 Å². The van der Waals surface area contributed by atoms with Gasteiger partial charge in [-0.25, -0.2) is 0 Å². The third-order valence-electron chi connectivity index (χ3n) is 4.02. The molecule has 0 aliphatic carbocycles. The molecular formula is C20H26N2O2. The summed E-state index contributed by atoms with van der Waals surface area (Å²) in [6.07, 6.45) is 0.839. The van der Waals surface area contributed by atoms with Crippen molar-refractivity contribution in [3.8, 4) is 5.75 Å². The third-order valence-corrected chi connectivity index (χ3v) is 4.02. The smallest absolute Gasteiger partial charge is 0.253 e. The molecule has 24 heavy (non-hydrogen) atoms. The minimum atomic E-state index is 0.0371. The highest BCUT2D eigenvalue weighted by molar-refractivity contribution is 5.95. The van der Waals surface area contributed by atoms with E-state index in [2.05, 4.69) is 5.32 Å². The number of ether oxygens (including phenoxy) is 1. The Balaban J connectivity index is 1.94. The number of rotatable bonds is 8. The van der Waals surface area contributed by atoms with Crippen LogP contribution in [0.25, 0.3) is 0 Å². The Hall–Kier alpha value is -2.33. The third kappa shape index (κ3) is 4.83. The van der Waals surface area contributed by atoms with Gasteiger partial charge in [-0.2, -0.15) is 0 Å². The second kappa shape index (κ2) is 9.08. The highest BCUT2D eigenvalue weighted by atomic mass is 16.5. The molecule has 128 valence electrons. The minimum absolute atomic E-state index is 0.0371. The van der Waals surface area contributed by atoms with Gasteiger partial charge in [0.2, 0.25) is 0 Å². The fourth-order valence-electron chi connectivity index (χ4n) is 2.52. The quantitative estimate of drug-likeness (QED) is 0.811. The molecule has 0 fully saturated rings.